The quantitative estimate of drug-likeness (QED) is 0.539. The summed E-state index contributed by atoms with van der Waals surface area (Å²) in [6, 6.07) is 12.5. The molecule has 1 aromatic heterocycles. The number of rotatable bonds is 6. The number of morpholine rings is 1. The summed E-state index contributed by atoms with van der Waals surface area (Å²) in [6.45, 7) is 11.1. The molecule has 2 aromatic carbocycles. The second-order valence-corrected chi connectivity index (χ2v) is 10.2. The molecule has 1 saturated heterocycles. The largest absolute Gasteiger partial charge is 0.376 e. The summed E-state index contributed by atoms with van der Waals surface area (Å²) in [5, 5.41) is 4.29. The van der Waals surface area contributed by atoms with Crippen LogP contribution in [-0.2, 0) is 22.4 Å². The number of ether oxygens (including phenoxy) is 1. The van der Waals surface area contributed by atoms with Crippen LogP contribution in [0.4, 0.5) is 17.1 Å². The highest BCUT2D eigenvalue weighted by molar-refractivity contribution is 7.09. The highest BCUT2D eigenvalue weighted by Crippen LogP contribution is 2.37. The van der Waals surface area contributed by atoms with Gasteiger partial charge >= 0.3 is 0 Å². The van der Waals surface area contributed by atoms with Gasteiger partial charge in [-0.2, -0.15) is 4.37 Å². The van der Waals surface area contributed by atoms with Crippen LogP contribution in [0.15, 0.2) is 36.4 Å². The first kappa shape index (κ1) is 23.8. The van der Waals surface area contributed by atoms with E-state index in [2.05, 4.69) is 83.7 Å². The number of carbonyl (C=O) groups is 1. The number of anilines is 3. The smallest absolute Gasteiger partial charge is 0.246 e. The van der Waals surface area contributed by atoms with E-state index < -0.39 is 0 Å². The number of fused-ring (bicyclic) bond motifs is 1. The van der Waals surface area contributed by atoms with Crippen molar-refractivity contribution < 1.29 is 9.53 Å². The number of aryl methyl sites for hydroxylation is 2. The fourth-order valence-electron chi connectivity index (χ4n) is 5.07. The van der Waals surface area contributed by atoms with E-state index in [0.29, 0.717) is 6.54 Å². The first-order valence-electron chi connectivity index (χ1n) is 12.4. The van der Waals surface area contributed by atoms with Crippen molar-refractivity contribution in [2.45, 2.75) is 52.7 Å². The van der Waals surface area contributed by atoms with Crippen LogP contribution in [-0.4, -0.2) is 53.7 Å². The van der Waals surface area contributed by atoms with Crippen molar-refractivity contribution in [2.75, 3.05) is 41.3 Å². The van der Waals surface area contributed by atoms with Crippen molar-refractivity contribution in [2.24, 2.45) is 0 Å². The van der Waals surface area contributed by atoms with Gasteiger partial charge in [0.2, 0.25) is 5.91 Å². The molecule has 2 unspecified atom stereocenters. The van der Waals surface area contributed by atoms with Crippen LogP contribution in [0.5, 0.6) is 0 Å². The molecule has 5 rings (SSSR count). The van der Waals surface area contributed by atoms with Gasteiger partial charge < -0.3 is 19.9 Å². The molecule has 0 radical (unpaired) electrons. The van der Waals surface area contributed by atoms with Crippen LogP contribution in [0.3, 0.4) is 0 Å². The minimum Gasteiger partial charge on any atom is -0.376 e. The standard InChI is InChI=1S/C27H33N5O2S/c1-5-25-29-27(35-30-25)20-10-9-17(2)22(13-20)28-14-26(33)32-12-11-21-23(7-6-8-24(21)32)31-15-18(3)34-19(4)16-31/h6-10,13,18-19,28H,5,11-12,14-16H2,1-4H3. The van der Waals surface area contributed by atoms with Crippen molar-refractivity contribution in [3.05, 3.63) is 53.3 Å². The Morgan fingerprint density at radius 1 is 1.17 bits per heavy atom. The lowest BCUT2D eigenvalue weighted by Crippen LogP contribution is -2.45. The molecule has 0 saturated carbocycles. The molecule has 1 N–H and O–H groups in total. The van der Waals surface area contributed by atoms with Gasteiger partial charge in [-0.3, -0.25) is 4.79 Å². The molecular formula is C27H33N5O2S. The number of amides is 1. The van der Waals surface area contributed by atoms with E-state index in [-0.39, 0.29) is 24.7 Å². The Morgan fingerprint density at radius 2 is 1.94 bits per heavy atom. The molecule has 3 heterocycles. The Labute approximate surface area is 211 Å². The Bertz CT molecular complexity index is 1220. The summed E-state index contributed by atoms with van der Waals surface area (Å²) in [4.78, 5) is 22.2. The summed E-state index contributed by atoms with van der Waals surface area (Å²) in [5.74, 6) is 0.946. The number of benzene rings is 2. The van der Waals surface area contributed by atoms with Gasteiger partial charge in [0.25, 0.3) is 0 Å². The van der Waals surface area contributed by atoms with Gasteiger partial charge in [-0.1, -0.05) is 25.1 Å². The van der Waals surface area contributed by atoms with E-state index in [9.17, 15) is 4.79 Å². The Kier molecular flexibility index (Phi) is 6.75. The van der Waals surface area contributed by atoms with Gasteiger partial charge in [0.1, 0.15) is 10.8 Å². The zero-order valence-corrected chi connectivity index (χ0v) is 21.7. The number of hydrogen-bond donors (Lipinski definition) is 1. The predicted molar refractivity (Wildman–Crippen MR) is 143 cm³/mol. The van der Waals surface area contributed by atoms with Gasteiger partial charge in [0, 0.05) is 54.2 Å². The fourth-order valence-corrected chi connectivity index (χ4v) is 5.81. The van der Waals surface area contributed by atoms with Crippen molar-refractivity contribution in [3.8, 4) is 10.6 Å². The zero-order chi connectivity index (χ0) is 24.5. The van der Waals surface area contributed by atoms with Crippen LogP contribution in [0.25, 0.3) is 10.6 Å². The number of hydrogen-bond acceptors (Lipinski definition) is 7. The first-order valence-corrected chi connectivity index (χ1v) is 13.2. The fraction of sp³-hybridized carbons (Fsp3) is 0.444. The third kappa shape index (κ3) is 4.90. The van der Waals surface area contributed by atoms with Gasteiger partial charge in [-0.15, -0.1) is 0 Å². The zero-order valence-electron chi connectivity index (χ0n) is 20.9. The minimum absolute atomic E-state index is 0.0820. The lowest BCUT2D eigenvalue weighted by atomic mass is 10.1. The number of carbonyl (C=O) groups excluding carboxylic acids is 1. The lowest BCUT2D eigenvalue weighted by Gasteiger charge is -2.37. The first-order chi connectivity index (χ1) is 16.9. The molecule has 1 fully saturated rings. The Hall–Kier alpha value is -2.97. The van der Waals surface area contributed by atoms with Crippen LogP contribution >= 0.6 is 11.5 Å². The summed E-state index contributed by atoms with van der Waals surface area (Å²) in [6.07, 6.45) is 2.10. The molecule has 0 aliphatic carbocycles. The molecule has 7 nitrogen and oxygen atoms in total. The van der Waals surface area contributed by atoms with Crippen molar-refractivity contribution in [3.63, 3.8) is 0 Å². The molecule has 184 valence electrons. The van der Waals surface area contributed by atoms with Crippen LogP contribution in [0.2, 0.25) is 0 Å². The van der Waals surface area contributed by atoms with Gasteiger partial charge in [0.05, 0.1) is 18.8 Å². The van der Waals surface area contributed by atoms with Crippen molar-refractivity contribution in [1.82, 2.24) is 9.36 Å². The van der Waals surface area contributed by atoms with Gasteiger partial charge in [0.15, 0.2) is 0 Å². The predicted octanol–water partition coefficient (Wildman–Crippen LogP) is 4.69. The monoisotopic (exact) mass is 491 g/mol. The summed E-state index contributed by atoms with van der Waals surface area (Å²) < 4.78 is 10.3. The van der Waals surface area contributed by atoms with Crippen LogP contribution in [0.1, 0.15) is 37.7 Å². The average molecular weight is 492 g/mol. The molecule has 2 atom stereocenters. The van der Waals surface area contributed by atoms with Crippen LogP contribution < -0.4 is 15.1 Å². The van der Waals surface area contributed by atoms with E-state index in [1.807, 2.05) is 4.90 Å². The van der Waals surface area contributed by atoms with E-state index in [4.69, 9.17) is 4.74 Å². The SMILES string of the molecule is CCc1nsc(-c2ccc(C)c(NCC(=O)N3CCc4c(N5CC(C)OC(C)C5)cccc43)c2)n1. The molecule has 0 bridgehead atoms. The maximum atomic E-state index is 13.3. The second kappa shape index (κ2) is 9.95. The highest BCUT2D eigenvalue weighted by Gasteiger charge is 2.30. The summed E-state index contributed by atoms with van der Waals surface area (Å²) in [7, 11) is 0. The highest BCUT2D eigenvalue weighted by atomic mass is 32.1. The molecule has 0 spiro atoms. The van der Waals surface area contributed by atoms with E-state index in [0.717, 1.165) is 59.3 Å². The molecule has 3 aromatic rings. The van der Waals surface area contributed by atoms with Gasteiger partial charge in [-0.05, 0) is 62.5 Å². The number of nitrogens with one attached hydrogen (secondary N) is 1. The molecule has 35 heavy (non-hydrogen) atoms. The molecule has 8 heteroatoms. The maximum Gasteiger partial charge on any atom is 0.246 e. The molecule has 2 aliphatic heterocycles. The normalized spacial score (nSPS) is 19.7. The summed E-state index contributed by atoms with van der Waals surface area (Å²) >= 11 is 1.42. The number of nitrogens with zero attached hydrogens (tertiary/aromatic N) is 4. The Morgan fingerprint density at radius 3 is 2.69 bits per heavy atom. The lowest BCUT2D eigenvalue weighted by molar-refractivity contribution is -0.116. The molecular weight excluding hydrogens is 458 g/mol. The number of aromatic nitrogens is 2. The van der Waals surface area contributed by atoms with Crippen molar-refractivity contribution >= 4 is 34.5 Å². The minimum atomic E-state index is 0.0820. The maximum absolute atomic E-state index is 13.3. The van der Waals surface area contributed by atoms with E-state index >= 15 is 0 Å². The van der Waals surface area contributed by atoms with E-state index in [1.54, 1.807) is 0 Å². The third-order valence-corrected chi connectivity index (χ3v) is 7.56. The molecule has 1 amide bonds. The Balaban J connectivity index is 1.30. The van der Waals surface area contributed by atoms with Crippen molar-refractivity contribution in [1.29, 1.82) is 0 Å². The van der Waals surface area contributed by atoms with Gasteiger partial charge in [-0.25, -0.2) is 4.98 Å². The average Bonchev–Trinajstić information content (AvgIpc) is 3.50. The van der Waals surface area contributed by atoms with Crippen LogP contribution in [0, 0.1) is 6.92 Å². The van der Waals surface area contributed by atoms with E-state index in [1.165, 1.54) is 22.8 Å². The third-order valence-electron chi connectivity index (χ3n) is 6.76. The second-order valence-electron chi connectivity index (χ2n) is 9.49. The summed E-state index contributed by atoms with van der Waals surface area (Å²) in [5.41, 5.74) is 6.61. The topological polar surface area (TPSA) is 70.6 Å². The molecule has 2 aliphatic rings.